The van der Waals surface area contributed by atoms with E-state index >= 15 is 0 Å². The van der Waals surface area contributed by atoms with E-state index in [2.05, 4.69) is 27.6 Å². The van der Waals surface area contributed by atoms with Crippen LogP contribution in [0.25, 0.3) is 10.9 Å². The number of rotatable bonds is 2. The predicted molar refractivity (Wildman–Crippen MR) is 90.9 cm³/mol. The minimum absolute atomic E-state index is 0.344. The van der Waals surface area contributed by atoms with E-state index in [4.69, 9.17) is 16.3 Å². The molecule has 0 radical (unpaired) electrons. The Balaban J connectivity index is 1.99. The van der Waals surface area contributed by atoms with E-state index in [1.165, 1.54) is 0 Å². The van der Waals surface area contributed by atoms with Crippen LogP contribution in [0.2, 0.25) is 5.02 Å². The zero-order valence-electron chi connectivity index (χ0n) is 10.7. The number of carbonyl (C=O) groups excluding carboxylic acids is 1. The third kappa shape index (κ3) is 3.01. The molecule has 0 unspecified atom stereocenters. The summed E-state index contributed by atoms with van der Waals surface area (Å²) in [5.41, 5.74) is 0.992. The lowest BCUT2D eigenvalue weighted by Gasteiger charge is -2.08. The summed E-state index contributed by atoms with van der Waals surface area (Å²) in [5, 5.41) is 1.28. The molecule has 0 aliphatic carbocycles. The minimum atomic E-state index is -0.489. The SMILES string of the molecule is O=C(Oc1cccc2cccnc12)c1cc(I)ccc1Cl. The quantitative estimate of drug-likeness (QED) is 0.349. The van der Waals surface area contributed by atoms with Crippen molar-refractivity contribution in [3.8, 4) is 5.75 Å². The number of fused-ring (bicyclic) bond motifs is 1. The van der Waals surface area contributed by atoms with Crippen molar-refractivity contribution in [1.29, 1.82) is 0 Å². The van der Waals surface area contributed by atoms with Gasteiger partial charge in [0.2, 0.25) is 0 Å². The molecule has 0 atom stereocenters. The lowest BCUT2D eigenvalue weighted by atomic mass is 10.2. The average molecular weight is 410 g/mol. The number of esters is 1. The molecule has 0 aliphatic heterocycles. The molecule has 1 heterocycles. The van der Waals surface area contributed by atoms with Crippen molar-refractivity contribution in [2.75, 3.05) is 0 Å². The Morgan fingerprint density at radius 2 is 1.95 bits per heavy atom. The van der Waals surface area contributed by atoms with E-state index in [0.29, 0.717) is 21.9 Å². The molecule has 0 aliphatic rings. The van der Waals surface area contributed by atoms with Gasteiger partial charge in [-0.25, -0.2) is 4.79 Å². The number of pyridine rings is 1. The monoisotopic (exact) mass is 409 g/mol. The summed E-state index contributed by atoms with van der Waals surface area (Å²) < 4.78 is 6.38. The van der Waals surface area contributed by atoms with Crippen LogP contribution in [0.3, 0.4) is 0 Å². The second kappa shape index (κ2) is 5.99. The maximum absolute atomic E-state index is 12.3. The van der Waals surface area contributed by atoms with Crippen molar-refractivity contribution < 1.29 is 9.53 Å². The summed E-state index contributed by atoms with van der Waals surface area (Å²) in [5.74, 6) is -0.0651. The Kier molecular flexibility index (Phi) is 4.07. The first-order valence-electron chi connectivity index (χ1n) is 6.16. The summed E-state index contributed by atoms with van der Waals surface area (Å²) in [7, 11) is 0. The normalized spacial score (nSPS) is 10.6. The van der Waals surface area contributed by atoms with Crippen molar-refractivity contribution in [3.63, 3.8) is 0 Å². The molecule has 0 saturated carbocycles. The van der Waals surface area contributed by atoms with Gasteiger partial charge in [-0.15, -0.1) is 0 Å². The zero-order valence-corrected chi connectivity index (χ0v) is 13.6. The zero-order chi connectivity index (χ0) is 14.8. The van der Waals surface area contributed by atoms with Crippen LogP contribution in [0.15, 0.2) is 54.7 Å². The molecular weight excluding hydrogens is 401 g/mol. The van der Waals surface area contributed by atoms with Crippen LogP contribution in [-0.2, 0) is 0 Å². The largest absolute Gasteiger partial charge is 0.421 e. The Morgan fingerprint density at radius 1 is 1.14 bits per heavy atom. The number of para-hydroxylation sites is 1. The van der Waals surface area contributed by atoms with Crippen LogP contribution >= 0.6 is 34.2 Å². The van der Waals surface area contributed by atoms with Gasteiger partial charge in [0.25, 0.3) is 0 Å². The molecule has 3 nitrogen and oxygen atoms in total. The minimum Gasteiger partial charge on any atom is -0.421 e. The van der Waals surface area contributed by atoms with Crippen molar-refractivity contribution in [2.24, 2.45) is 0 Å². The van der Waals surface area contributed by atoms with Crippen LogP contribution in [0.5, 0.6) is 5.75 Å². The smallest absolute Gasteiger partial charge is 0.345 e. The number of benzene rings is 2. The third-order valence-corrected chi connectivity index (χ3v) is 3.95. The fraction of sp³-hybridized carbons (Fsp3) is 0. The molecule has 0 saturated heterocycles. The highest BCUT2D eigenvalue weighted by molar-refractivity contribution is 14.1. The van der Waals surface area contributed by atoms with Gasteiger partial charge in [-0.2, -0.15) is 0 Å². The second-order valence-corrected chi connectivity index (χ2v) is 6.00. The first-order chi connectivity index (χ1) is 10.1. The average Bonchev–Trinajstić information content (AvgIpc) is 2.50. The van der Waals surface area contributed by atoms with Gasteiger partial charge in [0.05, 0.1) is 10.6 Å². The molecule has 3 rings (SSSR count). The number of halogens is 2. The highest BCUT2D eigenvalue weighted by atomic mass is 127. The molecule has 1 aromatic heterocycles. The van der Waals surface area contributed by atoms with E-state index in [1.807, 2.05) is 30.3 Å². The standard InChI is InChI=1S/C16H9ClINO2/c17-13-7-6-11(18)9-12(13)16(20)21-14-5-1-3-10-4-2-8-19-15(10)14/h1-9H. The molecule has 0 amide bonds. The van der Waals surface area contributed by atoms with E-state index in [0.717, 1.165) is 8.96 Å². The number of ether oxygens (including phenoxy) is 1. The van der Waals surface area contributed by atoms with Gasteiger partial charge < -0.3 is 4.74 Å². The van der Waals surface area contributed by atoms with E-state index in [-0.39, 0.29) is 0 Å². The van der Waals surface area contributed by atoms with Crippen LogP contribution in [0, 0.1) is 3.57 Å². The lowest BCUT2D eigenvalue weighted by molar-refractivity contribution is 0.0737. The fourth-order valence-corrected chi connectivity index (χ4v) is 2.65. The molecule has 104 valence electrons. The van der Waals surface area contributed by atoms with Crippen molar-refractivity contribution in [2.45, 2.75) is 0 Å². The van der Waals surface area contributed by atoms with Gasteiger partial charge in [-0.3, -0.25) is 4.98 Å². The van der Waals surface area contributed by atoms with Crippen LogP contribution in [-0.4, -0.2) is 11.0 Å². The van der Waals surface area contributed by atoms with Gasteiger partial charge in [-0.05, 0) is 52.9 Å². The van der Waals surface area contributed by atoms with Crippen LogP contribution in [0.1, 0.15) is 10.4 Å². The van der Waals surface area contributed by atoms with Crippen molar-refractivity contribution in [3.05, 3.63) is 68.9 Å². The molecule has 2 aromatic carbocycles. The molecule has 3 aromatic rings. The summed E-state index contributed by atoms with van der Waals surface area (Å²) in [6.45, 7) is 0. The van der Waals surface area contributed by atoms with E-state index in [1.54, 1.807) is 24.4 Å². The Morgan fingerprint density at radius 3 is 2.81 bits per heavy atom. The third-order valence-electron chi connectivity index (χ3n) is 2.95. The van der Waals surface area contributed by atoms with Gasteiger partial charge in [0.1, 0.15) is 5.52 Å². The Bertz CT molecular complexity index is 830. The number of aromatic nitrogens is 1. The molecule has 0 fully saturated rings. The number of carbonyl (C=O) groups is 1. The first kappa shape index (κ1) is 14.3. The summed E-state index contributed by atoms with van der Waals surface area (Å²) in [6, 6.07) is 14.4. The van der Waals surface area contributed by atoms with Gasteiger partial charge >= 0.3 is 5.97 Å². The lowest BCUT2D eigenvalue weighted by Crippen LogP contribution is -2.10. The van der Waals surface area contributed by atoms with E-state index in [9.17, 15) is 4.79 Å². The number of hydrogen-bond acceptors (Lipinski definition) is 3. The van der Waals surface area contributed by atoms with Crippen LogP contribution < -0.4 is 4.74 Å². The Hall–Kier alpha value is -1.66. The summed E-state index contributed by atoms with van der Waals surface area (Å²) in [4.78, 5) is 16.5. The van der Waals surface area contributed by atoms with Crippen molar-refractivity contribution >= 4 is 51.1 Å². The topological polar surface area (TPSA) is 39.2 Å². The number of nitrogens with zero attached hydrogens (tertiary/aromatic N) is 1. The first-order valence-corrected chi connectivity index (χ1v) is 7.62. The van der Waals surface area contributed by atoms with Gasteiger partial charge in [-0.1, -0.05) is 29.8 Å². The summed E-state index contributed by atoms with van der Waals surface area (Å²) >= 11 is 8.18. The Labute approximate surface area is 140 Å². The fourth-order valence-electron chi connectivity index (χ4n) is 1.97. The number of hydrogen-bond donors (Lipinski definition) is 0. The highest BCUT2D eigenvalue weighted by Crippen LogP contribution is 2.26. The molecular formula is C16H9ClINO2. The molecule has 0 N–H and O–H groups in total. The maximum Gasteiger partial charge on any atom is 0.345 e. The summed E-state index contributed by atoms with van der Waals surface area (Å²) in [6.07, 6.45) is 1.66. The van der Waals surface area contributed by atoms with Gasteiger partial charge in [0, 0.05) is 15.2 Å². The van der Waals surface area contributed by atoms with Crippen molar-refractivity contribution in [1.82, 2.24) is 4.98 Å². The molecule has 0 bridgehead atoms. The highest BCUT2D eigenvalue weighted by Gasteiger charge is 2.15. The second-order valence-electron chi connectivity index (χ2n) is 4.34. The molecule has 0 spiro atoms. The van der Waals surface area contributed by atoms with E-state index < -0.39 is 5.97 Å². The van der Waals surface area contributed by atoms with Gasteiger partial charge in [0.15, 0.2) is 5.75 Å². The molecule has 21 heavy (non-hydrogen) atoms. The molecule has 5 heteroatoms. The maximum atomic E-state index is 12.3. The predicted octanol–water partition coefficient (Wildman–Crippen LogP) is 4.71. The van der Waals surface area contributed by atoms with Crippen LogP contribution in [0.4, 0.5) is 0 Å².